The Labute approximate surface area is 122 Å². The Hall–Kier alpha value is -1.07. The van der Waals surface area contributed by atoms with Gasteiger partial charge in [-0.1, -0.05) is 22.0 Å². The molecule has 0 unspecified atom stereocenters. The highest BCUT2D eigenvalue weighted by Gasteiger charge is 2.21. The zero-order valence-electron chi connectivity index (χ0n) is 11.0. The van der Waals surface area contributed by atoms with Crippen LogP contribution in [-0.4, -0.2) is 31.1 Å². The molecular formula is C14H19BrN2O2. The van der Waals surface area contributed by atoms with E-state index in [-0.39, 0.29) is 18.1 Å². The van der Waals surface area contributed by atoms with Crippen molar-refractivity contribution in [2.75, 3.05) is 13.1 Å². The lowest BCUT2D eigenvalue weighted by atomic mass is 10.2. The second-order valence-corrected chi connectivity index (χ2v) is 5.70. The summed E-state index contributed by atoms with van der Waals surface area (Å²) in [6, 6.07) is 7.66. The molecule has 5 heteroatoms. The lowest BCUT2D eigenvalue weighted by Crippen LogP contribution is -2.43. The number of ether oxygens (including phenoxy) is 1. The minimum Gasteiger partial charge on any atom is -0.489 e. The van der Waals surface area contributed by atoms with E-state index in [1.807, 2.05) is 31.2 Å². The molecule has 1 fully saturated rings. The van der Waals surface area contributed by atoms with Gasteiger partial charge in [0.1, 0.15) is 11.9 Å². The summed E-state index contributed by atoms with van der Waals surface area (Å²) >= 11 is 3.40. The van der Waals surface area contributed by atoms with Gasteiger partial charge in [0.25, 0.3) is 0 Å². The molecule has 1 aliphatic heterocycles. The molecule has 2 atom stereocenters. The maximum atomic E-state index is 11.8. The van der Waals surface area contributed by atoms with Crippen molar-refractivity contribution in [3.05, 3.63) is 28.7 Å². The van der Waals surface area contributed by atoms with Crippen molar-refractivity contribution < 1.29 is 9.53 Å². The normalized spacial score (nSPS) is 20.0. The molecule has 0 spiro atoms. The third-order valence-corrected chi connectivity index (χ3v) is 3.57. The van der Waals surface area contributed by atoms with Crippen LogP contribution in [-0.2, 0) is 4.79 Å². The van der Waals surface area contributed by atoms with Crippen molar-refractivity contribution in [2.45, 2.75) is 31.9 Å². The van der Waals surface area contributed by atoms with E-state index in [1.54, 1.807) is 0 Å². The van der Waals surface area contributed by atoms with E-state index in [2.05, 4.69) is 26.6 Å². The predicted molar refractivity (Wildman–Crippen MR) is 78.3 cm³/mol. The van der Waals surface area contributed by atoms with Crippen LogP contribution >= 0.6 is 15.9 Å². The highest BCUT2D eigenvalue weighted by Crippen LogP contribution is 2.18. The van der Waals surface area contributed by atoms with Crippen LogP contribution in [0.1, 0.15) is 19.8 Å². The largest absolute Gasteiger partial charge is 0.489 e. The zero-order chi connectivity index (χ0) is 13.7. The number of nitrogens with one attached hydrogen (secondary N) is 2. The van der Waals surface area contributed by atoms with Gasteiger partial charge >= 0.3 is 0 Å². The molecule has 2 rings (SSSR count). The molecule has 0 saturated carbocycles. The SMILES string of the molecule is C[C@@H](CNC(=O)[C@H]1CCCN1)Oc1cccc(Br)c1. The van der Waals surface area contributed by atoms with Crippen molar-refractivity contribution in [3.63, 3.8) is 0 Å². The molecule has 19 heavy (non-hydrogen) atoms. The smallest absolute Gasteiger partial charge is 0.237 e. The number of rotatable bonds is 5. The maximum absolute atomic E-state index is 11.8. The predicted octanol–water partition coefficient (Wildman–Crippen LogP) is 2.08. The van der Waals surface area contributed by atoms with Crippen LogP contribution in [0.25, 0.3) is 0 Å². The molecule has 0 aliphatic carbocycles. The zero-order valence-corrected chi connectivity index (χ0v) is 12.6. The molecule has 1 aromatic rings. The van der Waals surface area contributed by atoms with Gasteiger partial charge in [-0.15, -0.1) is 0 Å². The fourth-order valence-electron chi connectivity index (χ4n) is 2.09. The average molecular weight is 327 g/mol. The summed E-state index contributed by atoms with van der Waals surface area (Å²) < 4.78 is 6.73. The van der Waals surface area contributed by atoms with Crippen LogP contribution in [0.3, 0.4) is 0 Å². The molecule has 0 aromatic heterocycles. The maximum Gasteiger partial charge on any atom is 0.237 e. The van der Waals surface area contributed by atoms with E-state index >= 15 is 0 Å². The van der Waals surface area contributed by atoms with E-state index in [0.717, 1.165) is 29.6 Å². The number of benzene rings is 1. The molecule has 1 saturated heterocycles. The lowest BCUT2D eigenvalue weighted by molar-refractivity contribution is -0.123. The lowest BCUT2D eigenvalue weighted by Gasteiger charge is -2.17. The highest BCUT2D eigenvalue weighted by molar-refractivity contribution is 9.10. The summed E-state index contributed by atoms with van der Waals surface area (Å²) in [5.74, 6) is 0.873. The summed E-state index contributed by atoms with van der Waals surface area (Å²) in [5.41, 5.74) is 0. The summed E-state index contributed by atoms with van der Waals surface area (Å²) in [6.07, 6.45) is 1.94. The van der Waals surface area contributed by atoms with Crippen LogP contribution in [0.15, 0.2) is 28.7 Å². The van der Waals surface area contributed by atoms with Gasteiger partial charge in [-0.3, -0.25) is 4.79 Å². The van der Waals surface area contributed by atoms with Gasteiger partial charge in [0.15, 0.2) is 0 Å². The van der Waals surface area contributed by atoms with Gasteiger partial charge in [-0.25, -0.2) is 0 Å². The third-order valence-electron chi connectivity index (χ3n) is 3.07. The van der Waals surface area contributed by atoms with Crippen molar-refractivity contribution in [1.82, 2.24) is 10.6 Å². The molecule has 0 radical (unpaired) electrons. The van der Waals surface area contributed by atoms with Crippen LogP contribution in [0.2, 0.25) is 0 Å². The Morgan fingerprint density at radius 1 is 1.63 bits per heavy atom. The Kier molecular flexibility index (Phi) is 5.22. The van der Waals surface area contributed by atoms with E-state index in [4.69, 9.17) is 4.74 Å². The van der Waals surface area contributed by atoms with Crippen LogP contribution < -0.4 is 15.4 Å². The first-order chi connectivity index (χ1) is 9.15. The number of amides is 1. The Bertz CT molecular complexity index is 433. The number of carbonyl (C=O) groups excluding carboxylic acids is 1. The van der Waals surface area contributed by atoms with Crippen molar-refractivity contribution in [1.29, 1.82) is 0 Å². The van der Waals surface area contributed by atoms with Crippen LogP contribution in [0.4, 0.5) is 0 Å². The van der Waals surface area contributed by atoms with E-state index < -0.39 is 0 Å². The highest BCUT2D eigenvalue weighted by atomic mass is 79.9. The third kappa shape index (κ3) is 4.51. The Balaban J connectivity index is 1.75. The standard InChI is InChI=1S/C14H19BrN2O2/c1-10(19-12-5-2-4-11(15)8-12)9-17-14(18)13-6-3-7-16-13/h2,4-5,8,10,13,16H,3,6-7,9H2,1H3,(H,17,18)/t10-,13+/m0/s1. The second kappa shape index (κ2) is 6.91. The number of carbonyl (C=O) groups is 1. The monoisotopic (exact) mass is 326 g/mol. The minimum absolute atomic E-state index is 0.0296. The first-order valence-electron chi connectivity index (χ1n) is 6.58. The summed E-state index contributed by atoms with van der Waals surface area (Å²) in [7, 11) is 0. The summed E-state index contributed by atoms with van der Waals surface area (Å²) in [5, 5.41) is 6.10. The van der Waals surface area contributed by atoms with Gasteiger partial charge in [0.2, 0.25) is 5.91 Å². The van der Waals surface area contributed by atoms with Crippen LogP contribution in [0, 0.1) is 0 Å². The number of halogens is 1. The molecule has 4 nitrogen and oxygen atoms in total. The quantitative estimate of drug-likeness (QED) is 0.871. The molecule has 0 bridgehead atoms. The fraction of sp³-hybridized carbons (Fsp3) is 0.500. The molecule has 1 aromatic carbocycles. The molecule has 104 valence electrons. The van der Waals surface area contributed by atoms with Gasteiger partial charge in [0, 0.05) is 4.47 Å². The minimum atomic E-state index is -0.0559. The van der Waals surface area contributed by atoms with Crippen molar-refractivity contribution in [3.8, 4) is 5.75 Å². The van der Waals surface area contributed by atoms with Gasteiger partial charge < -0.3 is 15.4 Å². The first-order valence-corrected chi connectivity index (χ1v) is 7.38. The van der Waals surface area contributed by atoms with Gasteiger partial charge in [-0.2, -0.15) is 0 Å². The summed E-state index contributed by atoms with van der Waals surface area (Å²) in [6.45, 7) is 3.40. The van der Waals surface area contributed by atoms with Gasteiger partial charge in [-0.05, 0) is 44.5 Å². The fourth-order valence-corrected chi connectivity index (χ4v) is 2.47. The van der Waals surface area contributed by atoms with E-state index in [9.17, 15) is 4.79 Å². The molecule has 1 amide bonds. The Morgan fingerprint density at radius 2 is 2.47 bits per heavy atom. The van der Waals surface area contributed by atoms with Gasteiger partial charge in [0.05, 0.1) is 12.6 Å². The average Bonchev–Trinajstić information content (AvgIpc) is 2.90. The first kappa shape index (κ1) is 14.3. The van der Waals surface area contributed by atoms with Crippen molar-refractivity contribution in [2.24, 2.45) is 0 Å². The Morgan fingerprint density at radius 3 is 3.16 bits per heavy atom. The van der Waals surface area contributed by atoms with Crippen LogP contribution in [0.5, 0.6) is 5.75 Å². The van der Waals surface area contributed by atoms with Crippen molar-refractivity contribution >= 4 is 21.8 Å². The topological polar surface area (TPSA) is 50.4 Å². The van der Waals surface area contributed by atoms with E-state index in [1.165, 1.54) is 0 Å². The second-order valence-electron chi connectivity index (χ2n) is 4.78. The molecule has 1 heterocycles. The molecule has 1 aliphatic rings. The molecular weight excluding hydrogens is 308 g/mol. The number of hydrogen-bond acceptors (Lipinski definition) is 3. The van der Waals surface area contributed by atoms with E-state index in [0.29, 0.717) is 6.54 Å². The molecule has 2 N–H and O–H groups in total. The summed E-state index contributed by atoms with van der Waals surface area (Å²) in [4.78, 5) is 11.8. The number of hydrogen-bond donors (Lipinski definition) is 2.